The van der Waals surface area contributed by atoms with Crippen molar-refractivity contribution in [2.45, 2.75) is 13.3 Å². The van der Waals surface area contributed by atoms with Gasteiger partial charge in [-0.1, -0.05) is 24.6 Å². The molecule has 3 nitrogen and oxygen atoms in total. The maximum atomic E-state index is 5.94. The fourth-order valence-corrected chi connectivity index (χ4v) is 2.09. The third-order valence-electron chi connectivity index (χ3n) is 2.94. The Labute approximate surface area is 131 Å². The summed E-state index contributed by atoms with van der Waals surface area (Å²) in [5, 5.41) is 7.43. The van der Waals surface area contributed by atoms with Crippen LogP contribution in [0.2, 0.25) is 5.02 Å². The summed E-state index contributed by atoms with van der Waals surface area (Å²) < 4.78 is 5.55. The highest BCUT2D eigenvalue weighted by atomic mass is 35.5. The zero-order valence-corrected chi connectivity index (χ0v) is 13.0. The van der Waals surface area contributed by atoms with Crippen molar-refractivity contribution in [3.05, 3.63) is 53.6 Å². The van der Waals surface area contributed by atoms with Gasteiger partial charge in [-0.05, 0) is 48.9 Å². The monoisotopic (exact) mass is 304 g/mol. The largest absolute Gasteiger partial charge is 0.494 e. The Morgan fingerprint density at radius 2 is 1.67 bits per heavy atom. The van der Waals surface area contributed by atoms with Gasteiger partial charge >= 0.3 is 0 Å². The van der Waals surface area contributed by atoms with Crippen LogP contribution in [-0.2, 0) is 0 Å². The maximum absolute atomic E-state index is 5.94. The van der Waals surface area contributed by atoms with E-state index in [2.05, 4.69) is 17.6 Å². The lowest BCUT2D eigenvalue weighted by Gasteiger charge is -2.10. The minimum Gasteiger partial charge on any atom is -0.494 e. The summed E-state index contributed by atoms with van der Waals surface area (Å²) in [6.45, 7) is 4.52. The van der Waals surface area contributed by atoms with Gasteiger partial charge in [0, 0.05) is 29.5 Å². The van der Waals surface area contributed by atoms with Crippen LogP contribution in [0.15, 0.2) is 48.5 Å². The SMILES string of the molecule is CCCOc1ccc(NCCNc2cccc(Cl)c2)cc1. The van der Waals surface area contributed by atoms with Gasteiger partial charge in [0.05, 0.1) is 6.61 Å². The number of hydrogen-bond donors (Lipinski definition) is 2. The van der Waals surface area contributed by atoms with E-state index in [1.807, 2.05) is 48.5 Å². The summed E-state index contributed by atoms with van der Waals surface area (Å²) in [6, 6.07) is 15.8. The van der Waals surface area contributed by atoms with Crippen LogP contribution in [0, 0.1) is 0 Å². The van der Waals surface area contributed by atoms with Crippen LogP contribution in [-0.4, -0.2) is 19.7 Å². The molecule has 0 spiro atoms. The zero-order chi connectivity index (χ0) is 14.9. The Balaban J connectivity index is 1.71. The Bertz CT molecular complexity index is 543. The van der Waals surface area contributed by atoms with Crippen LogP contribution in [0.4, 0.5) is 11.4 Å². The molecule has 0 bridgehead atoms. The van der Waals surface area contributed by atoms with Crippen molar-refractivity contribution in [1.82, 2.24) is 0 Å². The number of rotatable bonds is 8. The van der Waals surface area contributed by atoms with Gasteiger partial charge in [-0.2, -0.15) is 0 Å². The van der Waals surface area contributed by atoms with E-state index in [0.29, 0.717) is 0 Å². The Kier molecular flexibility index (Phi) is 6.22. The van der Waals surface area contributed by atoms with Gasteiger partial charge < -0.3 is 15.4 Å². The standard InChI is InChI=1S/C17H21ClN2O/c1-2-12-21-17-8-6-15(7-9-17)19-10-11-20-16-5-3-4-14(18)13-16/h3-9,13,19-20H,2,10-12H2,1H3. The number of benzene rings is 2. The van der Waals surface area contributed by atoms with E-state index < -0.39 is 0 Å². The fourth-order valence-electron chi connectivity index (χ4n) is 1.90. The van der Waals surface area contributed by atoms with Gasteiger partial charge in [-0.15, -0.1) is 0 Å². The molecule has 2 aromatic rings. The van der Waals surface area contributed by atoms with Crippen molar-refractivity contribution < 1.29 is 4.74 Å². The van der Waals surface area contributed by atoms with Crippen LogP contribution in [0.5, 0.6) is 5.75 Å². The Morgan fingerprint density at radius 1 is 0.952 bits per heavy atom. The molecule has 0 radical (unpaired) electrons. The van der Waals surface area contributed by atoms with E-state index >= 15 is 0 Å². The topological polar surface area (TPSA) is 33.3 Å². The summed E-state index contributed by atoms with van der Waals surface area (Å²) >= 11 is 5.94. The molecule has 112 valence electrons. The molecule has 2 N–H and O–H groups in total. The molecule has 0 aliphatic heterocycles. The first-order valence-corrected chi connectivity index (χ1v) is 7.62. The fraction of sp³-hybridized carbons (Fsp3) is 0.294. The van der Waals surface area contributed by atoms with Crippen LogP contribution >= 0.6 is 11.6 Å². The van der Waals surface area contributed by atoms with Gasteiger partial charge in [-0.3, -0.25) is 0 Å². The third kappa shape index (κ3) is 5.56. The summed E-state index contributed by atoms with van der Waals surface area (Å²) in [5.41, 5.74) is 2.12. The molecular formula is C17H21ClN2O. The lowest BCUT2D eigenvalue weighted by atomic mass is 10.3. The molecule has 0 fully saturated rings. The van der Waals surface area contributed by atoms with E-state index in [9.17, 15) is 0 Å². The molecule has 0 aliphatic rings. The summed E-state index contributed by atoms with van der Waals surface area (Å²) in [4.78, 5) is 0. The number of anilines is 2. The van der Waals surface area contributed by atoms with E-state index in [-0.39, 0.29) is 0 Å². The molecule has 0 amide bonds. The predicted molar refractivity (Wildman–Crippen MR) is 90.7 cm³/mol. The zero-order valence-electron chi connectivity index (χ0n) is 12.2. The minimum absolute atomic E-state index is 0.746. The van der Waals surface area contributed by atoms with Crippen molar-refractivity contribution in [2.75, 3.05) is 30.3 Å². The van der Waals surface area contributed by atoms with E-state index in [1.165, 1.54) is 0 Å². The molecule has 0 aromatic heterocycles. The predicted octanol–water partition coefficient (Wildman–Crippen LogP) is 4.65. The van der Waals surface area contributed by atoms with Gasteiger partial charge in [0.2, 0.25) is 0 Å². The molecule has 0 unspecified atom stereocenters. The first-order chi connectivity index (χ1) is 10.3. The van der Waals surface area contributed by atoms with Gasteiger partial charge in [0.25, 0.3) is 0 Å². The number of ether oxygens (including phenoxy) is 1. The second-order valence-electron chi connectivity index (χ2n) is 4.74. The molecule has 2 rings (SSSR count). The number of nitrogens with one attached hydrogen (secondary N) is 2. The first kappa shape index (κ1) is 15.5. The van der Waals surface area contributed by atoms with Crippen LogP contribution in [0.1, 0.15) is 13.3 Å². The summed E-state index contributed by atoms with van der Waals surface area (Å²) in [5.74, 6) is 0.916. The molecular weight excluding hydrogens is 284 g/mol. The third-order valence-corrected chi connectivity index (χ3v) is 3.17. The Morgan fingerprint density at radius 3 is 2.33 bits per heavy atom. The van der Waals surface area contributed by atoms with Gasteiger partial charge in [0.15, 0.2) is 0 Å². The average Bonchev–Trinajstić information content (AvgIpc) is 2.51. The molecule has 4 heteroatoms. The number of hydrogen-bond acceptors (Lipinski definition) is 3. The van der Waals surface area contributed by atoms with Crippen LogP contribution in [0.25, 0.3) is 0 Å². The first-order valence-electron chi connectivity index (χ1n) is 7.24. The normalized spacial score (nSPS) is 10.2. The second-order valence-corrected chi connectivity index (χ2v) is 5.17. The molecule has 0 heterocycles. The quantitative estimate of drug-likeness (QED) is 0.696. The second kappa shape index (κ2) is 8.42. The lowest BCUT2D eigenvalue weighted by molar-refractivity contribution is 0.317. The molecule has 0 saturated heterocycles. The Hall–Kier alpha value is -1.87. The lowest BCUT2D eigenvalue weighted by Crippen LogP contribution is -2.13. The smallest absolute Gasteiger partial charge is 0.119 e. The summed E-state index contributed by atoms with van der Waals surface area (Å²) in [7, 11) is 0. The summed E-state index contributed by atoms with van der Waals surface area (Å²) in [6.07, 6.45) is 1.02. The van der Waals surface area contributed by atoms with Crippen LogP contribution in [0.3, 0.4) is 0 Å². The van der Waals surface area contributed by atoms with Crippen molar-refractivity contribution in [3.8, 4) is 5.75 Å². The molecule has 2 aromatic carbocycles. The van der Waals surface area contributed by atoms with E-state index in [1.54, 1.807) is 0 Å². The van der Waals surface area contributed by atoms with Crippen molar-refractivity contribution in [2.24, 2.45) is 0 Å². The highest BCUT2D eigenvalue weighted by molar-refractivity contribution is 6.30. The molecule has 21 heavy (non-hydrogen) atoms. The molecule has 0 atom stereocenters. The highest BCUT2D eigenvalue weighted by Crippen LogP contribution is 2.16. The van der Waals surface area contributed by atoms with Crippen LogP contribution < -0.4 is 15.4 Å². The highest BCUT2D eigenvalue weighted by Gasteiger charge is 1.96. The molecule has 0 saturated carbocycles. The van der Waals surface area contributed by atoms with E-state index in [4.69, 9.17) is 16.3 Å². The van der Waals surface area contributed by atoms with Crippen molar-refractivity contribution in [1.29, 1.82) is 0 Å². The molecule has 0 aliphatic carbocycles. The maximum Gasteiger partial charge on any atom is 0.119 e. The van der Waals surface area contributed by atoms with Gasteiger partial charge in [0.1, 0.15) is 5.75 Å². The van der Waals surface area contributed by atoms with E-state index in [0.717, 1.165) is 48.3 Å². The minimum atomic E-state index is 0.746. The average molecular weight is 305 g/mol. The number of halogens is 1. The van der Waals surface area contributed by atoms with Gasteiger partial charge in [-0.25, -0.2) is 0 Å². The van der Waals surface area contributed by atoms with Crippen molar-refractivity contribution in [3.63, 3.8) is 0 Å². The van der Waals surface area contributed by atoms with Crippen molar-refractivity contribution >= 4 is 23.0 Å².